The molecule has 36 heavy (non-hydrogen) atoms. The van der Waals surface area contributed by atoms with Gasteiger partial charge in [-0.05, 0) is 37.6 Å². The van der Waals surface area contributed by atoms with Gasteiger partial charge in [-0.15, -0.1) is 0 Å². The zero-order valence-corrected chi connectivity index (χ0v) is 23.4. The minimum atomic E-state index is -3.32. The largest absolute Gasteiger partial charge is 0.474 e. The first-order valence-electron chi connectivity index (χ1n) is 11.7. The van der Waals surface area contributed by atoms with E-state index >= 15 is 0 Å². The molecule has 1 aromatic heterocycles. The predicted octanol–water partition coefficient (Wildman–Crippen LogP) is 4.61. The number of rotatable bonds is 5. The van der Waals surface area contributed by atoms with Gasteiger partial charge < -0.3 is 14.5 Å². The van der Waals surface area contributed by atoms with Crippen LogP contribution in [0.1, 0.15) is 25.3 Å². The van der Waals surface area contributed by atoms with Gasteiger partial charge in [-0.1, -0.05) is 40.9 Å². The van der Waals surface area contributed by atoms with Gasteiger partial charge in [0.15, 0.2) is 0 Å². The van der Waals surface area contributed by atoms with Crippen LogP contribution in [0.4, 0.5) is 4.79 Å². The van der Waals surface area contributed by atoms with E-state index in [-0.39, 0.29) is 36.6 Å². The maximum Gasteiger partial charge on any atom is 0.320 e. The van der Waals surface area contributed by atoms with E-state index in [0.29, 0.717) is 47.1 Å². The molecule has 0 bridgehead atoms. The second-order valence-electron chi connectivity index (χ2n) is 9.44. The van der Waals surface area contributed by atoms with E-state index in [2.05, 4.69) is 4.98 Å². The van der Waals surface area contributed by atoms with Crippen LogP contribution in [0.5, 0.6) is 5.88 Å². The van der Waals surface area contributed by atoms with Gasteiger partial charge in [-0.2, -0.15) is 4.31 Å². The molecular weight excluding hydrogens is 547 g/mol. The van der Waals surface area contributed by atoms with Crippen LogP contribution >= 0.6 is 34.8 Å². The van der Waals surface area contributed by atoms with Crippen LogP contribution in [0, 0.1) is 5.92 Å². The van der Waals surface area contributed by atoms with E-state index in [1.807, 2.05) is 30.9 Å². The number of aromatic nitrogens is 1. The van der Waals surface area contributed by atoms with Crippen molar-refractivity contribution in [2.24, 2.45) is 5.92 Å². The number of benzene rings is 1. The lowest BCUT2D eigenvalue weighted by Gasteiger charge is -2.39. The lowest BCUT2D eigenvalue weighted by molar-refractivity contribution is 0.115. The summed E-state index contributed by atoms with van der Waals surface area (Å²) in [5, 5.41) is 1.44. The Hall–Kier alpha value is -1.78. The SMILES string of the molecule is CC(Oc1ccc(Cl)cn1)C1CN(C(=O)N2CCN(S(C)(=O)=O)[C@H](C)C2)CC1c1ccc(Cl)c(Cl)c1. The fraction of sp³-hybridized carbons (Fsp3) is 0.500. The Labute approximate surface area is 227 Å². The van der Waals surface area contributed by atoms with Crippen molar-refractivity contribution in [3.05, 3.63) is 57.2 Å². The second kappa shape index (κ2) is 10.9. The van der Waals surface area contributed by atoms with E-state index in [1.165, 1.54) is 16.8 Å². The van der Waals surface area contributed by atoms with E-state index in [0.717, 1.165) is 5.56 Å². The van der Waals surface area contributed by atoms with Gasteiger partial charge >= 0.3 is 6.03 Å². The number of piperazine rings is 1. The molecule has 2 amide bonds. The number of hydrogen-bond donors (Lipinski definition) is 0. The molecule has 2 aromatic rings. The predicted molar refractivity (Wildman–Crippen MR) is 142 cm³/mol. The number of halogens is 3. The van der Waals surface area contributed by atoms with E-state index in [9.17, 15) is 13.2 Å². The normalized spacial score (nSPS) is 24.1. The smallest absolute Gasteiger partial charge is 0.320 e. The number of carbonyl (C=O) groups excluding carboxylic acids is 1. The molecule has 2 aliphatic heterocycles. The van der Waals surface area contributed by atoms with E-state index < -0.39 is 10.0 Å². The number of urea groups is 1. The molecule has 0 N–H and O–H groups in total. The fourth-order valence-corrected chi connectivity index (χ4v) is 6.63. The number of ether oxygens (including phenoxy) is 1. The van der Waals surface area contributed by atoms with Gasteiger partial charge in [0.2, 0.25) is 15.9 Å². The van der Waals surface area contributed by atoms with Crippen molar-refractivity contribution in [1.29, 1.82) is 0 Å². The number of sulfonamides is 1. The van der Waals surface area contributed by atoms with Crippen LogP contribution < -0.4 is 4.74 Å². The zero-order valence-electron chi connectivity index (χ0n) is 20.3. The highest BCUT2D eigenvalue weighted by Crippen LogP contribution is 2.38. The quantitative estimate of drug-likeness (QED) is 0.520. The second-order valence-corrected chi connectivity index (χ2v) is 12.6. The molecule has 8 nitrogen and oxygen atoms in total. The molecule has 0 aliphatic carbocycles. The third kappa shape index (κ3) is 6.02. The number of hydrogen-bond acceptors (Lipinski definition) is 5. The Balaban J connectivity index is 1.54. The topological polar surface area (TPSA) is 83.1 Å². The molecule has 4 rings (SSSR count). The van der Waals surface area contributed by atoms with Crippen molar-refractivity contribution >= 4 is 50.9 Å². The standard InChI is InChI=1S/C24H29Cl3N4O4S/c1-15-12-29(8-9-31(15)36(3,33)34)24(32)30-13-19(16(2)35-23-7-5-18(25)11-28-23)20(14-30)17-4-6-21(26)22(27)10-17/h4-7,10-11,15-16,19-20H,8-9,12-14H2,1-3H3/t15-,16?,19?,20?/m1/s1. The molecule has 2 aliphatic rings. The molecular formula is C24H29Cl3N4O4S. The zero-order chi connectivity index (χ0) is 26.2. The van der Waals surface area contributed by atoms with E-state index in [1.54, 1.807) is 23.1 Å². The van der Waals surface area contributed by atoms with Gasteiger partial charge in [0.05, 0.1) is 21.3 Å². The number of pyridine rings is 1. The maximum absolute atomic E-state index is 13.5. The summed E-state index contributed by atoms with van der Waals surface area (Å²) in [5.74, 6) is 0.370. The molecule has 0 spiro atoms. The molecule has 1 aromatic carbocycles. The number of carbonyl (C=O) groups is 1. The van der Waals surface area contributed by atoms with Gasteiger partial charge in [-0.3, -0.25) is 0 Å². The van der Waals surface area contributed by atoms with Gasteiger partial charge in [0, 0.05) is 62.9 Å². The van der Waals surface area contributed by atoms with Crippen LogP contribution in [0.2, 0.25) is 15.1 Å². The number of likely N-dealkylation sites (tertiary alicyclic amines) is 1. The van der Waals surface area contributed by atoms with Crippen molar-refractivity contribution in [2.45, 2.75) is 31.9 Å². The maximum atomic E-state index is 13.5. The Morgan fingerprint density at radius 3 is 2.42 bits per heavy atom. The summed E-state index contributed by atoms with van der Waals surface area (Å²) < 4.78 is 31.7. The number of amides is 2. The molecule has 0 saturated carbocycles. The van der Waals surface area contributed by atoms with Crippen LogP contribution in [-0.4, -0.2) is 84.7 Å². The number of nitrogens with zero attached hydrogens (tertiary/aromatic N) is 4. The van der Waals surface area contributed by atoms with Crippen molar-refractivity contribution in [2.75, 3.05) is 39.0 Å². The lowest BCUT2D eigenvalue weighted by Crippen LogP contribution is -2.57. The molecule has 2 saturated heterocycles. The average Bonchev–Trinajstić information content (AvgIpc) is 3.26. The lowest BCUT2D eigenvalue weighted by atomic mass is 9.86. The fourth-order valence-electron chi connectivity index (χ4n) is 5.07. The molecule has 3 heterocycles. The average molecular weight is 576 g/mol. The third-order valence-electron chi connectivity index (χ3n) is 6.88. The summed E-state index contributed by atoms with van der Waals surface area (Å²) in [4.78, 5) is 21.3. The summed E-state index contributed by atoms with van der Waals surface area (Å²) in [6, 6.07) is 8.57. The van der Waals surface area contributed by atoms with Crippen molar-refractivity contribution < 1.29 is 17.9 Å². The van der Waals surface area contributed by atoms with Crippen molar-refractivity contribution in [3.8, 4) is 5.88 Å². The van der Waals surface area contributed by atoms with Crippen LogP contribution in [0.25, 0.3) is 0 Å². The first-order chi connectivity index (χ1) is 16.9. The van der Waals surface area contributed by atoms with Crippen molar-refractivity contribution in [1.82, 2.24) is 19.1 Å². The Morgan fingerprint density at radius 2 is 1.81 bits per heavy atom. The van der Waals surface area contributed by atoms with Crippen LogP contribution in [0.3, 0.4) is 0 Å². The monoisotopic (exact) mass is 574 g/mol. The summed E-state index contributed by atoms with van der Waals surface area (Å²) in [5.41, 5.74) is 0.972. The highest BCUT2D eigenvalue weighted by Gasteiger charge is 2.42. The van der Waals surface area contributed by atoms with Gasteiger partial charge in [-0.25, -0.2) is 18.2 Å². The molecule has 4 atom stereocenters. The first kappa shape index (κ1) is 27.3. The summed E-state index contributed by atoms with van der Waals surface area (Å²) >= 11 is 18.4. The summed E-state index contributed by atoms with van der Waals surface area (Å²) in [6.07, 6.45) is 2.46. The molecule has 3 unspecified atom stereocenters. The van der Waals surface area contributed by atoms with E-state index in [4.69, 9.17) is 39.5 Å². The molecule has 12 heteroatoms. The highest BCUT2D eigenvalue weighted by atomic mass is 35.5. The Morgan fingerprint density at radius 1 is 1.06 bits per heavy atom. The molecule has 2 fully saturated rings. The van der Waals surface area contributed by atoms with Crippen molar-refractivity contribution in [3.63, 3.8) is 0 Å². The summed E-state index contributed by atoms with van der Waals surface area (Å²) in [6.45, 7) is 5.69. The molecule has 0 radical (unpaired) electrons. The Bertz CT molecular complexity index is 1210. The van der Waals surface area contributed by atoms with Crippen LogP contribution in [-0.2, 0) is 10.0 Å². The minimum Gasteiger partial charge on any atom is -0.474 e. The third-order valence-corrected chi connectivity index (χ3v) is 9.24. The first-order valence-corrected chi connectivity index (χ1v) is 14.7. The molecule has 196 valence electrons. The highest BCUT2D eigenvalue weighted by molar-refractivity contribution is 7.88. The van der Waals surface area contributed by atoms with Crippen LogP contribution in [0.15, 0.2) is 36.5 Å². The summed E-state index contributed by atoms with van der Waals surface area (Å²) in [7, 11) is -3.32. The Kier molecular flexibility index (Phi) is 8.26. The van der Waals surface area contributed by atoms with Gasteiger partial charge in [0.1, 0.15) is 6.10 Å². The van der Waals surface area contributed by atoms with Gasteiger partial charge in [0.25, 0.3) is 0 Å². The minimum absolute atomic E-state index is 0.0410.